The van der Waals surface area contributed by atoms with Gasteiger partial charge in [0.1, 0.15) is 12.4 Å². The van der Waals surface area contributed by atoms with E-state index in [0.717, 1.165) is 0 Å². The van der Waals surface area contributed by atoms with Crippen LogP contribution in [0.1, 0.15) is 0 Å². The highest BCUT2D eigenvalue weighted by atomic mass is 35.5. The number of rotatable bonds is 7. The van der Waals surface area contributed by atoms with E-state index in [9.17, 15) is 4.79 Å². The lowest BCUT2D eigenvalue weighted by atomic mass is 10.3. The van der Waals surface area contributed by atoms with Crippen molar-refractivity contribution < 1.29 is 19.0 Å². The normalized spacial score (nSPS) is 9.52. The van der Waals surface area contributed by atoms with Gasteiger partial charge in [-0.15, -0.1) is 0 Å². The first kappa shape index (κ1) is 18.5. The van der Waals surface area contributed by atoms with E-state index in [1.54, 1.807) is 37.4 Å². The number of carbonyl (C=O) groups excluding carboxylic acids is 1. The number of amides is 1. The van der Waals surface area contributed by atoms with Crippen LogP contribution in [0.2, 0.25) is 5.02 Å². The summed E-state index contributed by atoms with van der Waals surface area (Å²) in [4.78, 5) is 11.7. The topological polar surface area (TPSA) is 56.8 Å². The molecule has 25 heavy (non-hydrogen) atoms. The Morgan fingerprint density at radius 3 is 2.40 bits per heavy atom. The lowest BCUT2D eigenvalue weighted by Gasteiger charge is -2.09. The molecule has 130 valence electrons. The number of carbonyl (C=O) groups is 1. The van der Waals surface area contributed by atoms with Crippen LogP contribution in [0.3, 0.4) is 0 Å². The molecule has 0 saturated heterocycles. The highest BCUT2D eigenvalue weighted by molar-refractivity contribution is 6.32. The Labute approximate surface area is 151 Å². The number of methoxy groups -OCH3 is 1. The van der Waals surface area contributed by atoms with E-state index in [1.807, 2.05) is 18.2 Å². The van der Waals surface area contributed by atoms with Crippen molar-refractivity contribution in [2.75, 3.05) is 26.9 Å². The van der Waals surface area contributed by atoms with E-state index in [1.165, 1.54) is 0 Å². The van der Waals surface area contributed by atoms with Gasteiger partial charge in [-0.2, -0.15) is 0 Å². The second kappa shape index (κ2) is 10.1. The Hall–Kier alpha value is -2.84. The Morgan fingerprint density at radius 1 is 1.00 bits per heavy atom. The molecule has 0 spiro atoms. The lowest BCUT2D eigenvalue weighted by molar-refractivity contribution is -0.122. The van der Waals surface area contributed by atoms with Gasteiger partial charge < -0.3 is 19.5 Å². The summed E-state index contributed by atoms with van der Waals surface area (Å²) >= 11 is 5.96. The number of nitrogens with one attached hydrogen (secondary N) is 1. The summed E-state index contributed by atoms with van der Waals surface area (Å²) in [5, 5.41) is 3.17. The van der Waals surface area contributed by atoms with Gasteiger partial charge >= 0.3 is 0 Å². The van der Waals surface area contributed by atoms with Crippen molar-refractivity contribution in [2.24, 2.45) is 0 Å². The van der Waals surface area contributed by atoms with Crippen LogP contribution in [0.15, 0.2) is 48.5 Å². The maximum Gasteiger partial charge on any atom is 0.258 e. The van der Waals surface area contributed by atoms with Crippen molar-refractivity contribution in [3.63, 3.8) is 0 Å². The standard InChI is InChI=1S/C19H18ClNO4/c1-23-17-10-4-5-11-18(17)25-14-19(22)21-12-6-7-13-24-16-9-3-2-8-15(16)20/h2-5,8-11H,12-14H2,1H3,(H,21,22). The molecule has 0 saturated carbocycles. The number of hydrogen-bond acceptors (Lipinski definition) is 4. The molecule has 0 aliphatic rings. The van der Waals surface area contributed by atoms with Gasteiger partial charge in [-0.25, -0.2) is 0 Å². The SMILES string of the molecule is COc1ccccc1OCC(=O)NCC#CCOc1ccccc1Cl. The maximum absolute atomic E-state index is 11.7. The Morgan fingerprint density at radius 2 is 1.68 bits per heavy atom. The third-order valence-corrected chi connectivity index (χ3v) is 3.38. The molecule has 0 unspecified atom stereocenters. The average molecular weight is 360 g/mol. The fourth-order valence-corrected chi connectivity index (χ4v) is 2.05. The zero-order valence-corrected chi connectivity index (χ0v) is 14.5. The van der Waals surface area contributed by atoms with E-state index in [-0.39, 0.29) is 25.7 Å². The summed E-state index contributed by atoms with van der Waals surface area (Å²) in [6, 6.07) is 14.3. The van der Waals surface area contributed by atoms with Crippen LogP contribution < -0.4 is 19.5 Å². The molecular formula is C19H18ClNO4. The van der Waals surface area contributed by atoms with Gasteiger partial charge in [0.05, 0.1) is 18.7 Å². The average Bonchev–Trinajstić information content (AvgIpc) is 2.64. The van der Waals surface area contributed by atoms with Crippen LogP contribution >= 0.6 is 11.6 Å². The largest absolute Gasteiger partial charge is 0.493 e. The smallest absolute Gasteiger partial charge is 0.258 e. The number of para-hydroxylation sites is 3. The van der Waals surface area contributed by atoms with Crippen molar-refractivity contribution in [1.82, 2.24) is 5.32 Å². The van der Waals surface area contributed by atoms with Crippen LogP contribution in [0.4, 0.5) is 0 Å². The second-order valence-corrected chi connectivity index (χ2v) is 5.20. The van der Waals surface area contributed by atoms with Gasteiger partial charge in [0, 0.05) is 0 Å². The fraction of sp³-hybridized carbons (Fsp3) is 0.211. The van der Waals surface area contributed by atoms with Gasteiger partial charge in [0.25, 0.3) is 5.91 Å². The number of halogens is 1. The third kappa shape index (κ3) is 6.28. The highest BCUT2D eigenvalue weighted by Gasteiger charge is 2.05. The minimum atomic E-state index is -0.271. The van der Waals surface area contributed by atoms with Gasteiger partial charge in [-0.1, -0.05) is 47.7 Å². The lowest BCUT2D eigenvalue weighted by Crippen LogP contribution is -2.29. The first-order valence-corrected chi connectivity index (χ1v) is 7.94. The molecule has 0 heterocycles. The van der Waals surface area contributed by atoms with E-state index < -0.39 is 0 Å². The molecule has 0 fully saturated rings. The van der Waals surface area contributed by atoms with Crippen molar-refractivity contribution in [3.8, 4) is 29.1 Å². The molecule has 0 aromatic heterocycles. The number of benzene rings is 2. The van der Waals surface area contributed by atoms with E-state index >= 15 is 0 Å². The molecule has 0 bridgehead atoms. The fourth-order valence-electron chi connectivity index (χ4n) is 1.86. The van der Waals surface area contributed by atoms with E-state index in [4.69, 9.17) is 25.8 Å². The Bertz CT molecular complexity index is 767. The Kier molecular flexibility index (Phi) is 7.48. The van der Waals surface area contributed by atoms with Crippen molar-refractivity contribution >= 4 is 17.5 Å². The molecular weight excluding hydrogens is 342 g/mol. The predicted molar refractivity (Wildman–Crippen MR) is 96.2 cm³/mol. The summed E-state index contributed by atoms with van der Waals surface area (Å²) in [7, 11) is 1.54. The summed E-state index contributed by atoms with van der Waals surface area (Å²) in [6.45, 7) is 0.287. The molecule has 0 aliphatic carbocycles. The van der Waals surface area contributed by atoms with Crippen LogP contribution in [0.5, 0.6) is 17.2 Å². The summed E-state index contributed by atoms with van der Waals surface area (Å²) in [6.07, 6.45) is 0. The molecule has 2 aromatic rings. The van der Waals surface area contributed by atoms with Gasteiger partial charge in [-0.05, 0) is 24.3 Å². The van der Waals surface area contributed by atoms with Crippen molar-refractivity contribution in [2.45, 2.75) is 0 Å². The second-order valence-electron chi connectivity index (χ2n) is 4.79. The summed E-state index contributed by atoms with van der Waals surface area (Å²) in [5.41, 5.74) is 0. The molecule has 2 aromatic carbocycles. The molecule has 1 amide bonds. The zero-order chi connectivity index (χ0) is 17.9. The summed E-state index contributed by atoms with van der Waals surface area (Å²) < 4.78 is 16.0. The molecule has 1 N–H and O–H groups in total. The van der Waals surface area contributed by atoms with Crippen LogP contribution in [0, 0.1) is 11.8 Å². The van der Waals surface area contributed by atoms with Crippen LogP contribution in [0.25, 0.3) is 0 Å². The first-order valence-electron chi connectivity index (χ1n) is 7.56. The molecule has 0 aliphatic heterocycles. The Balaban J connectivity index is 1.66. The van der Waals surface area contributed by atoms with Crippen molar-refractivity contribution in [1.29, 1.82) is 0 Å². The molecule has 2 rings (SSSR count). The van der Waals surface area contributed by atoms with Gasteiger partial charge in [0.2, 0.25) is 0 Å². The van der Waals surface area contributed by atoms with Crippen LogP contribution in [-0.2, 0) is 4.79 Å². The zero-order valence-electron chi connectivity index (χ0n) is 13.8. The first-order chi connectivity index (χ1) is 12.2. The minimum Gasteiger partial charge on any atom is -0.493 e. The van der Waals surface area contributed by atoms with Gasteiger partial charge in [0.15, 0.2) is 18.1 Å². The highest BCUT2D eigenvalue weighted by Crippen LogP contribution is 2.25. The number of hydrogen-bond donors (Lipinski definition) is 1. The number of ether oxygens (including phenoxy) is 3. The minimum absolute atomic E-state index is 0.113. The van der Waals surface area contributed by atoms with Gasteiger partial charge in [-0.3, -0.25) is 4.79 Å². The van der Waals surface area contributed by atoms with E-state index in [2.05, 4.69) is 17.2 Å². The maximum atomic E-state index is 11.7. The summed E-state index contributed by atoms with van der Waals surface area (Å²) in [5.74, 6) is 6.99. The molecule has 0 radical (unpaired) electrons. The predicted octanol–water partition coefficient (Wildman–Crippen LogP) is 2.93. The van der Waals surface area contributed by atoms with Crippen LogP contribution in [-0.4, -0.2) is 32.8 Å². The van der Waals surface area contributed by atoms with E-state index in [0.29, 0.717) is 22.3 Å². The van der Waals surface area contributed by atoms with Crippen molar-refractivity contribution in [3.05, 3.63) is 53.6 Å². The quantitative estimate of drug-likeness (QED) is 0.772. The molecule has 0 atom stereocenters. The molecule has 5 nitrogen and oxygen atoms in total. The third-order valence-electron chi connectivity index (χ3n) is 3.06. The monoisotopic (exact) mass is 359 g/mol. The molecule has 6 heteroatoms.